The number of benzene rings is 3. The molecule has 0 bridgehead atoms. The highest BCUT2D eigenvalue weighted by Gasteiger charge is 2.17. The van der Waals surface area contributed by atoms with E-state index in [-0.39, 0.29) is 5.91 Å². The maximum Gasteiger partial charge on any atom is 0.258 e. The predicted octanol–water partition coefficient (Wildman–Crippen LogP) is 5.67. The van der Waals surface area contributed by atoms with Crippen LogP contribution in [0.3, 0.4) is 0 Å². The lowest BCUT2D eigenvalue weighted by Gasteiger charge is -2.21. The summed E-state index contributed by atoms with van der Waals surface area (Å²) in [5.41, 5.74) is 6.17. The van der Waals surface area contributed by atoms with Crippen molar-refractivity contribution in [3.05, 3.63) is 101 Å². The van der Waals surface area contributed by atoms with Crippen molar-refractivity contribution in [3.63, 3.8) is 0 Å². The van der Waals surface area contributed by atoms with E-state index in [1.807, 2.05) is 72.1 Å². The number of carbonyl (C=O) groups is 1. The zero-order chi connectivity index (χ0) is 20.1. The predicted molar refractivity (Wildman–Crippen MR) is 117 cm³/mol. The molecular formula is C24H20N2O2S. The smallest absolute Gasteiger partial charge is 0.258 e. The van der Waals surface area contributed by atoms with Crippen molar-refractivity contribution in [1.29, 1.82) is 0 Å². The Labute approximate surface area is 174 Å². The molecule has 0 unspecified atom stereocenters. The van der Waals surface area contributed by atoms with E-state index in [0.717, 1.165) is 22.5 Å². The van der Waals surface area contributed by atoms with Gasteiger partial charge in [-0.2, -0.15) is 0 Å². The second kappa shape index (κ2) is 8.71. The Balaban J connectivity index is 1.57. The lowest BCUT2D eigenvalue weighted by Crippen LogP contribution is -2.26. The van der Waals surface area contributed by atoms with Crippen LogP contribution in [0.1, 0.15) is 16.1 Å². The summed E-state index contributed by atoms with van der Waals surface area (Å²) in [6.45, 7) is 0.383. The van der Waals surface area contributed by atoms with E-state index in [1.165, 1.54) is 11.3 Å². The van der Waals surface area contributed by atoms with Crippen LogP contribution >= 0.6 is 11.3 Å². The van der Waals surface area contributed by atoms with Gasteiger partial charge in [0, 0.05) is 23.6 Å². The van der Waals surface area contributed by atoms with Crippen molar-refractivity contribution in [1.82, 2.24) is 4.98 Å². The van der Waals surface area contributed by atoms with Crippen molar-refractivity contribution in [2.75, 3.05) is 11.9 Å². The van der Waals surface area contributed by atoms with Gasteiger partial charge >= 0.3 is 0 Å². The van der Waals surface area contributed by atoms with Crippen molar-refractivity contribution in [2.24, 2.45) is 0 Å². The lowest BCUT2D eigenvalue weighted by molar-refractivity contribution is 0.0992. The van der Waals surface area contributed by atoms with E-state index >= 15 is 0 Å². The summed E-state index contributed by atoms with van der Waals surface area (Å²) in [5, 5.41) is 1.95. The van der Waals surface area contributed by atoms with Gasteiger partial charge in [0.2, 0.25) is 0 Å². The minimum atomic E-state index is -0.0903. The average molecular weight is 401 g/mol. The number of aromatic nitrogens is 1. The number of thiazole rings is 1. The van der Waals surface area contributed by atoms with Crippen LogP contribution < -0.4 is 9.64 Å². The number of carbonyl (C=O) groups excluding carboxylic acids is 1. The van der Waals surface area contributed by atoms with Crippen LogP contribution in [0.15, 0.2) is 89.8 Å². The van der Waals surface area contributed by atoms with Crippen LogP contribution in [0.4, 0.5) is 5.69 Å². The maximum absolute atomic E-state index is 13.2. The highest BCUT2D eigenvalue weighted by molar-refractivity contribution is 7.07. The minimum absolute atomic E-state index is 0.0903. The zero-order valence-electron chi connectivity index (χ0n) is 16.0. The summed E-state index contributed by atoms with van der Waals surface area (Å²) in [6.07, 6.45) is 0. The van der Waals surface area contributed by atoms with Gasteiger partial charge in [-0.1, -0.05) is 54.6 Å². The van der Waals surface area contributed by atoms with Crippen LogP contribution in [0.25, 0.3) is 11.1 Å². The Morgan fingerprint density at radius 2 is 1.79 bits per heavy atom. The van der Waals surface area contributed by atoms with Crippen LogP contribution in [0.2, 0.25) is 0 Å². The van der Waals surface area contributed by atoms with E-state index in [2.05, 4.69) is 4.98 Å². The molecule has 5 heteroatoms. The molecule has 1 heterocycles. The molecule has 0 radical (unpaired) electrons. The average Bonchev–Trinajstić information content (AvgIpc) is 3.31. The largest absolute Gasteiger partial charge is 0.487 e. The number of para-hydroxylation sites is 1. The first kappa shape index (κ1) is 18.9. The minimum Gasteiger partial charge on any atom is -0.487 e. The number of amides is 1. The van der Waals surface area contributed by atoms with Gasteiger partial charge in [0.15, 0.2) is 0 Å². The molecule has 0 saturated carbocycles. The molecular weight excluding hydrogens is 380 g/mol. The number of hydrogen-bond acceptors (Lipinski definition) is 4. The molecule has 4 nitrogen and oxygen atoms in total. The van der Waals surface area contributed by atoms with Gasteiger partial charge in [-0.3, -0.25) is 4.79 Å². The second-order valence-corrected chi connectivity index (χ2v) is 7.26. The fourth-order valence-corrected chi connectivity index (χ4v) is 3.66. The van der Waals surface area contributed by atoms with Crippen molar-refractivity contribution >= 4 is 22.9 Å². The van der Waals surface area contributed by atoms with Gasteiger partial charge in [0.25, 0.3) is 5.91 Å². The van der Waals surface area contributed by atoms with Gasteiger partial charge in [0.1, 0.15) is 12.4 Å². The number of ether oxygens (including phenoxy) is 1. The van der Waals surface area contributed by atoms with Gasteiger partial charge in [-0.15, -0.1) is 11.3 Å². The number of hydrogen-bond donors (Lipinski definition) is 0. The quantitative estimate of drug-likeness (QED) is 0.419. The standard InChI is InChI=1S/C24H20N2O2S/c1-26(23-13-6-5-12-22(23)18-8-3-2-4-9-18)24(27)19-10-7-11-21(14-19)28-15-20-16-29-17-25-20/h2-14,16-17H,15H2,1H3. The molecule has 0 fully saturated rings. The first-order valence-electron chi connectivity index (χ1n) is 9.25. The van der Waals surface area contributed by atoms with Gasteiger partial charge < -0.3 is 9.64 Å². The first-order chi connectivity index (χ1) is 14.2. The molecule has 0 N–H and O–H groups in total. The summed E-state index contributed by atoms with van der Waals surface area (Å²) in [5.74, 6) is 0.557. The van der Waals surface area contributed by atoms with Crippen LogP contribution in [-0.4, -0.2) is 17.9 Å². The Kier molecular flexibility index (Phi) is 5.68. The van der Waals surface area contributed by atoms with E-state index in [0.29, 0.717) is 17.9 Å². The number of anilines is 1. The molecule has 0 aliphatic carbocycles. The highest BCUT2D eigenvalue weighted by atomic mass is 32.1. The molecule has 0 aliphatic rings. The van der Waals surface area contributed by atoms with Gasteiger partial charge in [-0.25, -0.2) is 4.98 Å². The normalized spacial score (nSPS) is 10.5. The molecule has 0 spiro atoms. The van der Waals surface area contributed by atoms with Crippen LogP contribution in [0, 0.1) is 0 Å². The highest BCUT2D eigenvalue weighted by Crippen LogP contribution is 2.31. The third-order valence-electron chi connectivity index (χ3n) is 4.61. The Hall–Kier alpha value is -3.44. The van der Waals surface area contributed by atoms with Crippen LogP contribution in [-0.2, 0) is 6.61 Å². The molecule has 3 aromatic carbocycles. The van der Waals surface area contributed by atoms with E-state index in [1.54, 1.807) is 29.6 Å². The zero-order valence-corrected chi connectivity index (χ0v) is 16.8. The molecule has 0 atom stereocenters. The molecule has 1 amide bonds. The molecule has 29 heavy (non-hydrogen) atoms. The van der Waals surface area contributed by atoms with Crippen molar-refractivity contribution in [2.45, 2.75) is 6.61 Å². The van der Waals surface area contributed by atoms with E-state index < -0.39 is 0 Å². The van der Waals surface area contributed by atoms with Gasteiger partial charge in [0.05, 0.1) is 16.9 Å². The summed E-state index contributed by atoms with van der Waals surface area (Å²) in [7, 11) is 1.80. The third-order valence-corrected chi connectivity index (χ3v) is 5.24. The fourth-order valence-electron chi connectivity index (χ4n) is 3.12. The third kappa shape index (κ3) is 4.36. The molecule has 4 rings (SSSR count). The molecule has 1 aromatic heterocycles. The Bertz CT molecular complexity index is 1090. The van der Waals surface area contributed by atoms with Crippen molar-refractivity contribution < 1.29 is 9.53 Å². The Morgan fingerprint density at radius 1 is 1.00 bits per heavy atom. The fraction of sp³-hybridized carbons (Fsp3) is 0.0833. The summed E-state index contributed by atoms with van der Waals surface area (Å²) in [6, 6.07) is 25.2. The Morgan fingerprint density at radius 3 is 2.59 bits per heavy atom. The summed E-state index contributed by atoms with van der Waals surface area (Å²) in [4.78, 5) is 19.1. The number of rotatable bonds is 6. The molecule has 0 aliphatic heterocycles. The molecule has 144 valence electrons. The topological polar surface area (TPSA) is 42.4 Å². The lowest BCUT2D eigenvalue weighted by atomic mass is 10.0. The van der Waals surface area contributed by atoms with Crippen molar-refractivity contribution in [3.8, 4) is 16.9 Å². The number of nitrogens with zero attached hydrogens (tertiary/aromatic N) is 2. The summed E-state index contributed by atoms with van der Waals surface area (Å²) >= 11 is 1.53. The maximum atomic E-state index is 13.2. The first-order valence-corrected chi connectivity index (χ1v) is 10.2. The molecule has 4 aromatic rings. The van der Waals surface area contributed by atoms with Gasteiger partial charge in [-0.05, 0) is 29.8 Å². The van der Waals surface area contributed by atoms with Crippen LogP contribution in [0.5, 0.6) is 5.75 Å². The monoisotopic (exact) mass is 400 g/mol. The SMILES string of the molecule is CN(C(=O)c1cccc(OCc2cscn2)c1)c1ccccc1-c1ccccc1. The molecule has 0 saturated heterocycles. The van der Waals surface area contributed by atoms with E-state index in [4.69, 9.17) is 4.74 Å². The second-order valence-electron chi connectivity index (χ2n) is 6.54. The summed E-state index contributed by atoms with van der Waals surface area (Å²) < 4.78 is 5.79. The van der Waals surface area contributed by atoms with E-state index in [9.17, 15) is 4.79 Å².